The van der Waals surface area contributed by atoms with Crippen LogP contribution in [0.1, 0.15) is 12.1 Å². The summed E-state index contributed by atoms with van der Waals surface area (Å²) in [5.41, 5.74) is 10.9. The zero-order valence-electron chi connectivity index (χ0n) is 21.4. The van der Waals surface area contributed by atoms with Crippen LogP contribution in [-0.2, 0) is 15.9 Å². The van der Waals surface area contributed by atoms with Gasteiger partial charge in [0.2, 0.25) is 0 Å². The summed E-state index contributed by atoms with van der Waals surface area (Å²) in [4.78, 5) is 7.93. The van der Waals surface area contributed by atoms with E-state index in [0.29, 0.717) is 41.3 Å². The Morgan fingerprint density at radius 1 is 1.00 bits per heavy atom. The Balaban J connectivity index is 1.14. The van der Waals surface area contributed by atoms with Crippen molar-refractivity contribution in [2.75, 3.05) is 26.4 Å². The molecule has 0 saturated carbocycles. The number of pyridine rings is 1. The van der Waals surface area contributed by atoms with Gasteiger partial charge in [-0.3, -0.25) is 0 Å². The van der Waals surface area contributed by atoms with Gasteiger partial charge >= 0.3 is 0 Å². The maximum atomic E-state index is 15.1. The molecule has 0 spiro atoms. The molecule has 5 N–H and O–H groups in total. The minimum absolute atomic E-state index is 0.0597. The van der Waals surface area contributed by atoms with Crippen molar-refractivity contribution in [2.45, 2.75) is 37.3 Å². The molecule has 2 fully saturated rings. The number of benzene rings is 2. The quantitative estimate of drug-likeness (QED) is 0.260. The van der Waals surface area contributed by atoms with Crippen LogP contribution in [0.25, 0.3) is 33.4 Å². The van der Waals surface area contributed by atoms with E-state index in [1.54, 1.807) is 0 Å². The van der Waals surface area contributed by atoms with Crippen molar-refractivity contribution in [1.29, 1.82) is 0 Å². The predicted molar refractivity (Wildman–Crippen MR) is 145 cm³/mol. The third-order valence-electron chi connectivity index (χ3n) is 7.64. The van der Waals surface area contributed by atoms with Crippen LogP contribution < -0.4 is 10.5 Å². The molecule has 39 heavy (non-hydrogen) atoms. The number of H-pyrrole nitrogens is 1. The Bertz CT molecular complexity index is 1420. The number of halogens is 1. The van der Waals surface area contributed by atoms with Crippen LogP contribution in [0.2, 0.25) is 0 Å². The highest BCUT2D eigenvalue weighted by Gasteiger charge is 2.46. The molecule has 0 bridgehead atoms. The van der Waals surface area contributed by atoms with Crippen LogP contribution >= 0.6 is 0 Å². The molecule has 2 aromatic carbocycles. The molecule has 2 aliphatic rings. The number of aliphatic hydroxyl groups excluding tert-OH is 2. The van der Waals surface area contributed by atoms with Crippen LogP contribution in [-0.4, -0.2) is 71.0 Å². The lowest BCUT2D eigenvalue weighted by Crippen LogP contribution is -2.30. The third kappa shape index (κ3) is 5.28. The minimum atomic E-state index is -0.546. The first kappa shape index (κ1) is 25.9. The number of ether oxygens (including phenoxy) is 3. The lowest BCUT2D eigenvalue weighted by atomic mass is 9.95. The smallest absolute Gasteiger partial charge is 0.151 e. The van der Waals surface area contributed by atoms with E-state index in [1.165, 1.54) is 6.07 Å². The van der Waals surface area contributed by atoms with E-state index < -0.39 is 12.2 Å². The Morgan fingerprint density at radius 2 is 1.69 bits per heavy atom. The normalized spacial score (nSPS) is 23.3. The van der Waals surface area contributed by atoms with Gasteiger partial charge in [0.25, 0.3) is 0 Å². The molecule has 0 amide bonds. The van der Waals surface area contributed by atoms with Crippen LogP contribution in [0, 0.1) is 11.7 Å². The lowest BCUT2D eigenvalue weighted by molar-refractivity contribution is 0.0167. The molecule has 4 heterocycles. The molecule has 0 aliphatic carbocycles. The first-order valence-corrected chi connectivity index (χ1v) is 13.3. The average Bonchev–Trinajstić information content (AvgIpc) is 3.66. The standard InChI is InChI=1S/C30H32FN3O5/c31-24-12-26-25(11-21(33-26)8-5-20-15-37-30-27(36)16-38-29(20)30)34-28(24)19-3-1-17(2-4-19)18-6-9-22(10-7-18)39-23(13-32)14-35/h1-4,6-7,9-12,20,23,27,29-30,33,35-36H,5,8,13-16,32H2/t20?,23?,27?,29-,30-/m1/s1. The number of aryl methyl sites for hydroxylation is 1. The SMILES string of the molecule is NCC(CO)Oc1ccc(-c2ccc(-c3nc4cc(CCC5CO[C@@H]6C(O)CO[C@H]56)[nH]c4cc3F)cc2)cc1. The van der Waals surface area contributed by atoms with E-state index in [-0.39, 0.29) is 37.1 Å². The van der Waals surface area contributed by atoms with Gasteiger partial charge in [0.1, 0.15) is 29.8 Å². The lowest BCUT2D eigenvalue weighted by Gasteiger charge is -2.15. The molecule has 3 unspecified atom stereocenters. The van der Waals surface area contributed by atoms with Crippen LogP contribution in [0.15, 0.2) is 60.7 Å². The van der Waals surface area contributed by atoms with Gasteiger partial charge in [-0.15, -0.1) is 0 Å². The van der Waals surface area contributed by atoms with Gasteiger partial charge < -0.3 is 35.1 Å². The Hall–Kier alpha value is -3.34. The zero-order chi connectivity index (χ0) is 26.9. The summed E-state index contributed by atoms with van der Waals surface area (Å²) in [7, 11) is 0. The molecule has 8 nitrogen and oxygen atoms in total. The molecule has 6 rings (SSSR count). The number of aromatic nitrogens is 2. The van der Waals surface area contributed by atoms with Crippen molar-refractivity contribution in [3.8, 4) is 28.1 Å². The maximum Gasteiger partial charge on any atom is 0.151 e. The highest BCUT2D eigenvalue weighted by atomic mass is 19.1. The van der Waals surface area contributed by atoms with E-state index in [4.69, 9.17) is 19.9 Å². The monoisotopic (exact) mass is 533 g/mol. The molecule has 9 heteroatoms. The van der Waals surface area contributed by atoms with Crippen molar-refractivity contribution in [3.63, 3.8) is 0 Å². The molecule has 2 saturated heterocycles. The third-order valence-corrected chi connectivity index (χ3v) is 7.64. The highest BCUT2D eigenvalue weighted by molar-refractivity contribution is 5.80. The van der Waals surface area contributed by atoms with Crippen LogP contribution in [0.3, 0.4) is 0 Å². The molecule has 204 valence electrons. The van der Waals surface area contributed by atoms with Gasteiger partial charge in [-0.25, -0.2) is 9.37 Å². The average molecular weight is 534 g/mol. The summed E-state index contributed by atoms with van der Waals surface area (Å²) in [6.07, 6.45) is 0.342. The fourth-order valence-corrected chi connectivity index (χ4v) is 5.47. The van der Waals surface area contributed by atoms with Crippen molar-refractivity contribution >= 4 is 11.0 Å². The molecule has 2 aliphatic heterocycles. The van der Waals surface area contributed by atoms with Gasteiger partial charge in [-0.05, 0) is 42.2 Å². The second-order valence-electron chi connectivity index (χ2n) is 10.3. The number of nitrogens with one attached hydrogen (secondary N) is 1. The van der Waals surface area contributed by atoms with Gasteiger partial charge in [0.15, 0.2) is 5.82 Å². The van der Waals surface area contributed by atoms with Gasteiger partial charge in [-0.2, -0.15) is 0 Å². The van der Waals surface area contributed by atoms with E-state index in [9.17, 15) is 10.2 Å². The summed E-state index contributed by atoms with van der Waals surface area (Å²) in [5.74, 6) is 0.477. The fraction of sp³-hybridized carbons (Fsp3) is 0.367. The first-order valence-electron chi connectivity index (χ1n) is 13.3. The van der Waals surface area contributed by atoms with Gasteiger partial charge in [-0.1, -0.05) is 36.4 Å². The summed E-state index contributed by atoms with van der Waals surface area (Å²) in [6.45, 7) is 1.000. The summed E-state index contributed by atoms with van der Waals surface area (Å²) < 4.78 is 32.2. The summed E-state index contributed by atoms with van der Waals surface area (Å²) >= 11 is 0. The zero-order valence-corrected chi connectivity index (χ0v) is 21.4. The molecular formula is C30H32FN3O5. The summed E-state index contributed by atoms with van der Waals surface area (Å²) in [6, 6.07) is 18.6. The van der Waals surface area contributed by atoms with Gasteiger partial charge in [0.05, 0.1) is 37.0 Å². The number of hydrogen-bond acceptors (Lipinski definition) is 7. The molecule has 0 radical (unpaired) electrons. The van der Waals surface area contributed by atoms with E-state index in [0.717, 1.165) is 29.7 Å². The molecule has 4 aromatic rings. The highest BCUT2D eigenvalue weighted by Crippen LogP contribution is 2.34. The summed E-state index contributed by atoms with van der Waals surface area (Å²) in [5, 5.41) is 19.2. The Kier molecular flexibility index (Phi) is 7.33. The number of rotatable bonds is 9. The van der Waals surface area contributed by atoms with Gasteiger partial charge in [0, 0.05) is 29.8 Å². The number of aromatic amines is 1. The van der Waals surface area contributed by atoms with E-state index >= 15 is 4.39 Å². The van der Waals surface area contributed by atoms with Crippen molar-refractivity contribution < 1.29 is 28.8 Å². The van der Waals surface area contributed by atoms with Crippen molar-refractivity contribution in [2.24, 2.45) is 11.7 Å². The Labute approximate surface area is 225 Å². The number of nitrogens with two attached hydrogens (primary N) is 1. The maximum absolute atomic E-state index is 15.1. The fourth-order valence-electron chi connectivity index (χ4n) is 5.47. The van der Waals surface area contributed by atoms with E-state index in [2.05, 4.69) is 9.97 Å². The first-order chi connectivity index (χ1) is 19.0. The number of nitrogens with zero attached hydrogens (tertiary/aromatic N) is 1. The molecular weight excluding hydrogens is 501 g/mol. The second-order valence-corrected chi connectivity index (χ2v) is 10.3. The molecule has 2 aromatic heterocycles. The van der Waals surface area contributed by atoms with Crippen molar-refractivity contribution in [1.82, 2.24) is 9.97 Å². The van der Waals surface area contributed by atoms with Crippen molar-refractivity contribution in [3.05, 3.63) is 72.2 Å². The van der Waals surface area contributed by atoms with Crippen LogP contribution in [0.4, 0.5) is 4.39 Å². The predicted octanol–water partition coefficient (Wildman–Crippen LogP) is 3.44. The number of fused-ring (bicyclic) bond motifs is 2. The molecule has 5 atom stereocenters. The topological polar surface area (TPSA) is 123 Å². The minimum Gasteiger partial charge on any atom is -0.487 e. The van der Waals surface area contributed by atoms with Crippen LogP contribution in [0.5, 0.6) is 5.75 Å². The Morgan fingerprint density at radius 3 is 2.41 bits per heavy atom. The number of aliphatic hydroxyl groups is 2. The number of hydrogen-bond donors (Lipinski definition) is 4. The largest absolute Gasteiger partial charge is 0.487 e. The van der Waals surface area contributed by atoms with E-state index in [1.807, 2.05) is 54.6 Å². The second kappa shape index (κ2) is 11.0.